The molecular formula is C12H17Cl5. The third kappa shape index (κ3) is 2.97. The number of hydrogen-bond acceptors (Lipinski definition) is 0. The largest absolute Gasteiger partial charge is 0.121 e. The maximum absolute atomic E-state index is 6.46. The average molecular weight is 339 g/mol. The van der Waals surface area contributed by atoms with E-state index in [1.165, 1.54) is 32.1 Å². The van der Waals surface area contributed by atoms with Gasteiger partial charge >= 0.3 is 0 Å². The molecule has 2 aliphatic rings. The molecule has 0 aromatic heterocycles. The Bertz CT molecular complexity index is 235. The predicted molar refractivity (Wildman–Crippen MR) is 78.3 cm³/mol. The highest BCUT2D eigenvalue weighted by molar-refractivity contribution is 6.41. The molecule has 0 N–H and O–H groups in total. The van der Waals surface area contributed by atoms with E-state index in [1.54, 1.807) is 0 Å². The zero-order valence-electron chi connectivity index (χ0n) is 9.47. The Morgan fingerprint density at radius 3 is 1.41 bits per heavy atom. The quantitative estimate of drug-likeness (QED) is 0.574. The van der Waals surface area contributed by atoms with E-state index in [-0.39, 0.29) is 32.8 Å². The Balaban J connectivity index is 2.13. The van der Waals surface area contributed by atoms with Crippen LogP contribution in [-0.4, -0.2) is 26.9 Å². The minimum Gasteiger partial charge on any atom is -0.121 e. The first-order valence-electron chi connectivity index (χ1n) is 6.24. The lowest BCUT2D eigenvalue weighted by atomic mass is 9.72. The molecule has 100 valence electrons. The monoisotopic (exact) mass is 336 g/mol. The fourth-order valence-corrected chi connectivity index (χ4v) is 5.47. The highest BCUT2D eigenvalue weighted by Crippen LogP contribution is 2.47. The van der Waals surface area contributed by atoms with Gasteiger partial charge < -0.3 is 0 Å². The fraction of sp³-hybridized carbons (Fsp3) is 1.00. The van der Waals surface area contributed by atoms with E-state index in [2.05, 4.69) is 0 Å². The van der Waals surface area contributed by atoms with Crippen LogP contribution < -0.4 is 0 Å². The molecule has 0 bridgehead atoms. The van der Waals surface area contributed by atoms with Gasteiger partial charge in [-0.25, -0.2) is 0 Å². The van der Waals surface area contributed by atoms with E-state index in [9.17, 15) is 0 Å². The number of halogens is 5. The molecule has 17 heavy (non-hydrogen) atoms. The minimum atomic E-state index is -0.344. The zero-order valence-corrected chi connectivity index (χ0v) is 13.2. The summed E-state index contributed by atoms with van der Waals surface area (Å²) < 4.78 is 0. The van der Waals surface area contributed by atoms with Crippen molar-refractivity contribution in [3.8, 4) is 0 Å². The summed E-state index contributed by atoms with van der Waals surface area (Å²) in [6, 6.07) is 0. The SMILES string of the molecule is ClC1C(Cl)C(Cl)C(C2CCCCC2)C(Cl)C1Cl. The van der Waals surface area contributed by atoms with Crippen LogP contribution in [-0.2, 0) is 0 Å². The molecule has 0 saturated heterocycles. The van der Waals surface area contributed by atoms with Gasteiger partial charge in [0.15, 0.2) is 0 Å². The molecule has 0 heterocycles. The molecule has 0 aromatic rings. The normalized spacial score (nSPS) is 49.2. The van der Waals surface area contributed by atoms with E-state index in [0.29, 0.717) is 5.92 Å². The minimum absolute atomic E-state index is 0.167. The smallest absolute Gasteiger partial charge is 0.0692 e. The molecule has 4 unspecified atom stereocenters. The molecule has 4 atom stereocenters. The van der Waals surface area contributed by atoms with Crippen molar-refractivity contribution in [3.63, 3.8) is 0 Å². The Labute approximate surface area is 128 Å². The summed E-state index contributed by atoms with van der Waals surface area (Å²) in [5.41, 5.74) is 0. The molecule has 2 saturated carbocycles. The van der Waals surface area contributed by atoms with Gasteiger partial charge in [-0.05, 0) is 11.8 Å². The van der Waals surface area contributed by atoms with Crippen LogP contribution in [0.15, 0.2) is 0 Å². The molecule has 0 aliphatic heterocycles. The molecule has 2 aliphatic carbocycles. The third-order valence-electron chi connectivity index (χ3n) is 4.15. The standard InChI is InChI=1S/C12H17Cl5/c13-8-7(6-4-2-1-3-5-6)9(14)11(16)12(17)10(8)15/h6-12H,1-5H2. The van der Waals surface area contributed by atoms with Crippen LogP contribution in [0, 0.1) is 11.8 Å². The van der Waals surface area contributed by atoms with Crippen LogP contribution >= 0.6 is 58.0 Å². The van der Waals surface area contributed by atoms with Gasteiger partial charge in [-0.15, -0.1) is 58.0 Å². The first kappa shape index (κ1) is 14.9. The van der Waals surface area contributed by atoms with Gasteiger partial charge in [0.1, 0.15) is 0 Å². The molecule has 0 amide bonds. The van der Waals surface area contributed by atoms with Crippen LogP contribution in [0.25, 0.3) is 0 Å². The lowest BCUT2D eigenvalue weighted by Crippen LogP contribution is -2.53. The van der Waals surface area contributed by atoms with E-state index >= 15 is 0 Å². The van der Waals surface area contributed by atoms with E-state index in [4.69, 9.17) is 58.0 Å². The van der Waals surface area contributed by atoms with Crippen molar-refractivity contribution in [2.45, 2.75) is 59.0 Å². The lowest BCUT2D eigenvalue weighted by Gasteiger charge is -2.45. The van der Waals surface area contributed by atoms with E-state index in [0.717, 1.165) is 0 Å². The fourth-order valence-electron chi connectivity index (χ4n) is 3.17. The van der Waals surface area contributed by atoms with Crippen molar-refractivity contribution < 1.29 is 0 Å². The molecular weight excluding hydrogens is 321 g/mol. The van der Waals surface area contributed by atoms with Crippen molar-refractivity contribution in [1.29, 1.82) is 0 Å². The summed E-state index contributed by atoms with van der Waals surface area (Å²) >= 11 is 31.7. The maximum Gasteiger partial charge on any atom is 0.0692 e. The summed E-state index contributed by atoms with van der Waals surface area (Å²) in [7, 11) is 0. The Kier molecular flexibility index (Phi) is 5.47. The van der Waals surface area contributed by atoms with Gasteiger partial charge in [0.05, 0.1) is 26.9 Å². The van der Waals surface area contributed by atoms with Gasteiger partial charge in [0.2, 0.25) is 0 Å². The number of rotatable bonds is 1. The lowest BCUT2D eigenvalue weighted by molar-refractivity contribution is 0.209. The van der Waals surface area contributed by atoms with Gasteiger partial charge in [-0.1, -0.05) is 32.1 Å². The molecule has 2 fully saturated rings. The van der Waals surface area contributed by atoms with Crippen LogP contribution in [0.5, 0.6) is 0 Å². The summed E-state index contributed by atoms with van der Waals surface area (Å²) in [5.74, 6) is 0.749. The second-order valence-corrected chi connectivity index (χ2v) is 7.72. The van der Waals surface area contributed by atoms with E-state index in [1.807, 2.05) is 0 Å². The summed E-state index contributed by atoms with van der Waals surface area (Å²) in [6.07, 6.45) is 6.22. The molecule has 0 spiro atoms. The van der Waals surface area contributed by atoms with Crippen molar-refractivity contribution in [1.82, 2.24) is 0 Å². The molecule has 0 aromatic carbocycles. The molecule has 2 rings (SSSR count). The second-order valence-electron chi connectivity index (χ2n) is 5.20. The number of hydrogen-bond donors (Lipinski definition) is 0. The Morgan fingerprint density at radius 1 is 0.529 bits per heavy atom. The third-order valence-corrected chi connectivity index (χ3v) is 7.42. The van der Waals surface area contributed by atoms with Gasteiger partial charge in [0.25, 0.3) is 0 Å². The first-order valence-corrected chi connectivity index (χ1v) is 8.42. The predicted octanol–water partition coefficient (Wildman–Crippen LogP) is 5.23. The first-order chi connectivity index (χ1) is 8.04. The summed E-state index contributed by atoms with van der Waals surface area (Å²) in [5, 5.41) is -1.26. The topological polar surface area (TPSA) is 0 Å². The van der Waals surface area contributed by atoms with Crippen molar-refractivity contribution in [2.24, 2.45) is 11.8 Å². The maximum atomic E-state index is 6.46. The second kappa shape index (κ2) is 6.27. The number of alkyl halides is 5. The van der Waals surface area contributed by atoms with Gasteiger partial charge in [-0.2, -0.15) is 0 Å². The van der Waals surface area contributed by atoms with Crippen molar-refractivity contribution in [3.05, 3.63) is 0 Å². The van der Waals surface area contributed by atoms with E-state index < -0.39 is 0 Å². The Hall–Kier alpha value is 1.45. The summed E-state index contributed by atoms with van der Waals surface area (Å²) in [4.78, 5) is 0. The highest BCUT2D eigenvalue weighted by atomic mass is 35.5. The molecule has 5 heteroatoms. The summed E-state index contributed by atoms with van der Waals surface area (Å²) in [6.45, 7) is 0. The van der Waals surface area contributed by atoms with Crippen LogP contribution in [0.3, 0.4) is 0 Å². The van der Waals surface area contributed by atoms with Gasteiger partial charge in [-0.3, -0.25) is 0 Å². The average Bonchev–Trinajstić information content (AvgIpc) is 2.36. The Morgan fingerprint density at radius 2 is 0.941 bits per heavy atom. The zero-order chi connectivity index (χ0) is 12.6. The van der Waals surface area contributed by atoms with Crippen LogP contribution in [0.1, 0.15) is 32.1 Å². The van der Waals surface area contributed by atoms with Crippen LogP contribution in [0.2, 0.25) is 0 Å². The van der Waals surface area contributed by atoms with Gasteiger partial charge in [0, 0.05) is 0 Å². The van der Waals surface area contributed by atoms with Crippen molar-refractivity contribution >= 4 is 58.0 Å². The van der Waals surface area contributed by atoms with Crippen LogP contribution in [0.4, 0.5) is 0 Å². The van der Waals surface area contributed by atoms with Crippen molar-refractivity contribution in [2.75, 3.05) is 0 Å². The molecule has 0 radical (unpaired) electrons. The highest BCUT2D eigenvalue weighted by Gasteiger charge is 2.50. The molecule has 0 nitrogen and oxygen atoms in total.